The molecule has 3 N–H and O–H groups in total. The second-order valence-electron chi connectivity index (χ2n) is 16.2. The quantitative estimate of drug-likeness (QED) is 0.0782. The Bertz CT molecular complexity index is 3390. The molecule has 0 unspecified atom stereocenters. The molecule has 0 fully saturated rings. The lowest BCUT2D eigenvalue weighted by molar-refractivity contribution is 0.0642. The zero-order valence-electron chi connectivity index (χ0n) is 38.2. The third-order valence-corrected chi connectivity index (χ3v) is 10.4. The lowest BCUT2D eigenvalue weighted by Gasteiger charge is -2.16. The van der Waals surface area contributed by atoms with Crippen molar-refractivity contribution in [1.82, 2.24) is 19.9 Å². The van der Waals surface area contributed by atoms with E-state index in [9.17, 15) is 28.3 Å². The van der Waals surface area contributed by atoms with Gasteiger partial charge in [0, 0.05) is 62.9 Å². The summed E-state index contributed by atoms with van der Waals surface area (Å²) in [6, 6.07) is 42.1. The Hall–Kier alpha value is -9.11. The second kappa shape index (κ2) is 21.2. The number of aromatic carboxylic acids is 1. The summed E-state index contributed by atoms with van der Waals surface area (Å²) in [5.41, 5.74) is 6.11. The maximum Gasteiger partial charge on any atom is 0.419 e. The summed E-state index contributed by atoms with van der Waals surface area (Å²) < 4.78 is 44.5. The Kier molecular flexibility index (Phi) is 14.4. The number of nitrogens with zero attached hydrogens (tertiary/aromatic N) is 4. The Morgan fingerprint density at radius 2 is 1.23 bits per heavy atom. The maximum absolute atomic E-state index is 14.3. The number of halogens is 2. The van der Waals surface area contributed by atoms with Crippen LogP contribution in [0.25, 0.3) is 55.4 Å². The van der Waals surface area contributed by atoms with E-state index in [1.165, 1.54) is 24.3 Å². The lowest BCUT2D eigenvalue weighted by atomic mass is 10.0. The molecule has 15 heteroatoms. The number of rotatable bonds is 12. The number of carbonyl (C=O) groups is 3. The van der Waals surface area contributed by atoms with Crippen LogP contribution in [0.2, 0.25) is 0 Å². The van der Waals surface area contributed by atoms with Crippen LogP contribution >= 0.6 is 0 Å². The van der Waals surface area contributed by atoms with Gasteiger partial charge in [-0.05, 0) is 93.9 Å². The van der Waals surface area contributed by atoms with Gasteiger partial charge in [-0.1, -0.05) is 84.9 Å². The molecule has 70 heavy (non-hydrogen) atoms. The molecule has 9 rings (SSSR count). The first-order valence-corrected chi connectivity index (χ1v) is 22.0. The number of hydrogen-bond acceptors (Lipinski definition) is 11. The molecule has 9 aromatic rings. The van der Waals surface area contributed by atoms with Crippen molar-refractivity contribution in [2.45, 2.75) is 39.9 Å². The minimum Gasteiger partial charge on any atom is -0.490 e. The number of carboxylic acids is 1. The largest absolute Gasteiger partial charge is 0.490 e. The zero-order valence-corrected chi connectivity index (χ0v) is 38.2. The van der Waals surface area contributed by atoms with E-state index >= 15 is 0 Å². The second-order valence-corrected chi connectivity index (χ2v) is 16.2. The first kappa shape index (κ1) is 47.4. The van der Waals surface area contributed by atoms with Gasteiger partial charge in [0.2, 0.25) is 5.95 Å². The van der Waals surface area contributed by atoms with Gasteiger partial charge in [0.05, 0.1) is 34.4 Å². The Labute approximate surface area is 400 Å². The van der Waals surface area contributed by atoms with Crippen LogP contribution in [0.4, 0.5) is 30.9 Å². The number of anilines is 3. The lowest BCUT2D eigenvalue weighted by Crippen LogP contribution is -2.18. The number of para-hydroxylation sites is 2. The molecular formula is C55H44F2N6O7. The minimum atomic E-state index is -1.05. The molecule has 0 aliphatic rings. The third-order valence-electron chi connectivity index (χ3n) is 10.4. The van der Waals surface area contributed by atoms with Crippen molar-refractivity contribution >= 4 is 57.2 Å². The maximum atomic E-state index is 14.3. The van der Waals surface area contributed by atoms with E-state index < -0.39 is 23.8 Å². The van der Waals surface area contributed by atoms with Crippen molar-refractivity contribution in [2.24, 2.45) is 0 Å². The fourth-order valence-corrected chi connectivity index (χ4v) is 7.37. The van der Waals surface area contributed by atoms with E-state index in [-0.39, 0.29) is 34.9 Å². The van der Waals surface area contributed by atoms with Gasteiger partial charge in [-0.25, -0.2) is 43.1 Å². The summed E-state index contributed by atoms with van der Waals surface area (Å²) in [5.74, 6) is -1.41. The van der Waals surface area contributed by atoms with Crippen molar-refractivity contribution in [3.05, 3.63) is 187 Å². The highest BCUT2D eigenvalue weighted by atomic mass is 19.1. The average molecular weight is 939 g/mol. The molecule has 0 saturated carbocycles. The molecule has 0 atom stereocenters. The monoisotopic (exact) mass is 938 g/mol. The van der Waals surface area contributed by atoms with E-state index in [2.05, 4.69) is 25.6 Å². The smallest absolute Gasteiger partial charge is 0.419 e. The molecule has 7 aromatic carbocycles. The molecule has 0 spiro atoms. The predicted molar refractivity (Wildman–Crippen MR) is 264 cm³/mol. The number of benzene rings is 7. The molecule has 1 amide bonds. The highest BCUT2D eigenvalue weighted by Crippen LogP contribution is 2.37. The zero-order chi connectivity index (χ0) is 49.3. The third kappa shape index (κ3) is 11.3. The number of amides is 1. The fraction of sp³-hybridized carbons (Fsp3) is 0.109. The highest BCUT2D eigenvalue weighted by Gasteiger charge is 2.19. The standard InChI is InChI=1S/C31H25FN4O4.C24H19FN2O3/c1-19(2)39-27-16-21(14-15-26(27)32)25-13-6-10-22-18-33-30(36-28(22)25)34-23-11-7-12-24(17-23)35-31(38)40-29(37)20-8-4-3-5-9-20;1-14(2)30-21-12-16(25)10-11-17(21)18-9-5-6-15-13-26-23(27-22(15)18)19-7-3-4-8-20(19)24(28)29/h3-19H,1-2H3,(H,35,38)(H,33,34,36);3-14H,1-2H3,(H,28,29). The number of aromatic nitrogens is 4. The van der Waals surface area contributed by atoms with Crippen molar-refractivity contribution < 1.29 is 42.5 Å². The van der Waals surface area contributed by atoms with Crippen LogP contribution in [0, 0.1) is 11.6 Å². The molecule has 0 saturated heterocycles. The number of esters is 1. The van der Waals surface area contributed by atoms with Gasteiger partial charge in [-0.3, -0.25) is 5.32 Å². The van der Waals surface area contributed by atoms with E-state index in [1.807, 2.05) is 64.1 Å². The Morgan fingerprint density at radius 3 is 1.97 bits per heavy atom. The molecule has 0 radical (unpaired) electrons. The molecule has 2 aromatic heterocycles. The van der Waals surface area contributed by atoms with E-state index in [1.54, 1.807) is 103 Å². The Balaban J connectivity index is 0.000000196. The van der Waals surface area contributed by atoms with Crippen LogP contribution in [0.15, 0.2) is 164 Å². The Morgan fingerprint density at radius 1 is 0.586 bits per heavy atom. The summed E-state index contributed by atoms with van der Waals surface area (Å²) in [6.45, 7) is 7.43. The number of carbonyl (C=O) groups excluding carboxylic acids is 2. The number of fused-ring (bicyclic) bond motifs is 2. The van der Waals surface area contributed by atoms with Crippen molar-refractivity contribution in [3.8, 4) is 45.1 Å². The van der Waals surface area contributed by atoms with Gasteiger partial charge in [-0.15, -0.1) is 0 Å². The normalized spacial score (nSPS) is 10.9. The summed E-state index contributed by atoms with van der Waals surface area (Å²) in [5, 5.41) is 16.8. The van der Waals surface area contributed by atoms with E-state index in [4.69, 9.17) is 19.2 Å². The van der Waals surface area contributed by atoms with Crippen LogP contribution in [0.1, 0.15) is 48.4 Å². The molecular weight excluding hydrogens is 895 g/mol. The SMILES string of the molecule is CC(C)Oc1cc(-c2cccc3cnc(Nc4cccc(NC(=O)OC(=O)c5ccccc5)c4)nc23)ccc1F.CC(C)Oc1cc(F)ccc1-c1cccc2cnc(-c3ccccc3C(=O)O)nc12. The molecule has 2 heterocycles. The van der Waals surface area contributed by atoms with Crippen LogP contribution < -0.4 is 20.1 Å². The van der Waals surface area contributed by atoms with Gasteiger partial charge in [0.25, 0.3) is 0 Å². The first-order valence-electron chi connectivity index (χ1n) is 22.0. The van der Waals surface area contributed by atoms with Crippen LogP contribution in [0.3, 0.4) is 0 Å². The first-order chi connectivity index (χ1) is 33.8. The molecule has 350 valence electrons. The molecule has 0 bridgehead atoms. The van der Waals surface area contributed by atoms with E-state index in [0.717, 1.165) is 27.5 Å². The average Bonchev–Trinajstić information content (AvgIpc) is 3.34. The van der Waals surface area contributed by atoms with Crippen LogP contribution in [-0.4, -0.2) is 55.3 Å². The van der Waals surface area contributed by atoms with Crippen molar-refractivity contribution in [2.75, 3.05) is 10.6 Å². The van der Waals surface area contributed by atoms with Gasteiger partial charge in [0.15, 0.2) is 17.4 Å². The molecule has 13 nitrogen and oxygen atoms in total. The fourth-order valence-electron chi connectivity index (χ4n) is 7.37. The number of carboxylic acid groups (broad SMARTS) is 1. The topological polar surface area (TPSA) is 175 Å². The molecule has 0 aliphatic carbocycles. The molecule has 0 aliphatic heterocycles. The van der Waals surface area contributed by atoms with Crippen LogP contribution in [-0.2, 0) is 4.74 Å². The summed E-state index contributed by atoms with van der Waals surface area (Å²) >= 11 is 0. The summed E-state index contributed by atoms with van der Waals surface area (Å²) in [6.07, 6.45) is 2.14. The van der Waals surface area contributed by atoms with Gasteiger partial charge in [-0.2, -0.15) is 0 Å². The number of hydrogen-bond donors (Lipinski definition) is 3. The summed E-state index contributed by atoms with van der Waals surface area (Å²) in [7, 11) is 0. The highest BCUT2D eigenvalue weighted by molar-refractivity contribution is 6.01. The van der Waals surface area contributed by atoms with Crippen molar-refractivity contribution in [1.29, 1.82) is 0 Å². The van der Waals surface area contributed by atoms with Crippen molar-refractivity contribution in [3.63, 3.8) is 0 Å². The van der Waals surface area contributed by atoms with Gasteiger partial charge < -0.3 is 24.6 Å². The summed E-state index contributed by atoms with van der Waals surface area (Å²) in [4.78, 5) is 54.2. The van der Waals surface area contributed by atoms with Gasteiger partial charge in [0.1, 0.15) is 11.6 Å². The van der Waals surface area contributed by atoms with E-state index in [0.29, 0.717) is 51.1 Å². The number of ether oxygens (including phenoxy) is 3. The number of nitrogens with one attached hydrogen (secondary N) is 2. The minimum absolute atomic E-state index is 0.125. The predicted octanol–water partition coefficient (Wildman–Crippen LogP) is 12.9. The van der Waals surface area contributed by atoms with Crippen LogP contribution in [0.5, 0.6) is 11.5 Å². The van der Waals surface area contributed by atoms with Gasteiger partial charge >= 0.3 is 18.0 Å².